The van der Waals surface area contributed by atoms with Crippen molar-refractivity contribution >= 4 is 5.69 Å². The summed E-state index contributed by atoms with van der Waals surface area (Å²) in [6, 6.07) is 9.09. The molecule has 0 saturated heterocycles. The number of nitrogens with zero attached hydrogens (tertiary/aromatic N) is 1. The molecule has 1 aromatic rings. The van der Waals surface area contributed by atoms with E-state index in [9.17, 15) is 0 Å². The maximum Gasteiger partial charge on any atom is 0.114 e. The summed E-state index contributed by atoms with van der Waals surface area (Å²) in [6.45, 7) is 11.4. The van der Waals surface area contributed by atoms with E-state index in [2.05, 4.69) is 67.8 Å². The standard InChI is InChI=1S/C25H37NO/c1-4-5-19-26(24-17-15-23(16-18-24)22(2)3)20-11-6-7-12-21-27-25-13-9-8-10-14-25/h4,9,13-18,22H,1,5-8,10-12,19-21H2,2-3H3. The largest absolute Gasteiger partial charge is 0.494 e. The average Bonchev–Trinajstić information content (AvgIpc) is 2.70. The molecule has 1 aliphatic carbocycles. The molecule has 0 bridgehead atoms. The number of allylic oxidation sites excluding steroid dienone is 3. The molecule has 2 nitrogen and oxygen atoms in total. The van der Waals surface area contributed by atoms with E-state index in [4.69, 9.17) is 4.74 Å². The topological polar surface area (TPSA) is 12.5 Å². The minimum Gasteiger partial charge on any atom is -0.494 e. The molecular weight excluding hydrogens is 330 g/mol. The van der Waals surface area contributed by atoms with E-state index < -0.39 is 0 Å². The molecule has 0 N–H and O–H groups in total. The molecular formula is C25H37NO. The number of benzene rings is 1. The highest BCUT2D eigenvalue weighted by Gasteiger charge is 2.07. The zero-order chi connectivity index (χ0) is 19.3. The predicted octanol–water partition coefficient (Wildman–Crippen LogP) is 7.00. The molecule has 2 rings (SSSR count). The lowest BCUT2D eigenvalue weighted by molar-refractivity contribution is 0.215. The highest BCUT2D eigenvalue weighted by Crippen LogP contribution is 2.21. The summed E-state index contributed by atoms with van der Waals surface area (Å²) in [4.78, 5) is 2.50. The molecule has 0 unspecified atom stereocenters. The van der Waals surface area contributed by atoms with E-state index in [1.54, 1.807) is 0 Å². The van der Waals surface area contributed by atoms with Crippen molar-refractivity contribution in [2.75, 3.05) is 24.6 Å². The van der Waals surface area contributed by atoms with Crippen LogP contribution in [-0.4, -0.2) is 19.7 Å². The molecule has 0 saturated carbocycles. The Bertz CT molecular complexity index is 597. The second kappa shape index (κ2) is 12.4. The van der Waals surface area contributed by atoms with Crippen molar-refractivity contribution in [3.63, 3.8) is 0 Å². The SMILES string of the molecule is C=CCCN(CCCCCCOC1=CCCC=C1)c1ccc(C(C)C)cc1. The number of anilines is 1. The maximum absolute atomic E-state index is 5.82. The van der Waals surface area contributed by atoms with Gasteiger partial charge in [-0.2, -0.15) is 0 Å². The van der Waals surface area contributed by atoms with Crippen LogP contribution < -0.4 is 4.90 Å². The third kappa shape index (κ3) is 8.07. The van der Waals surface area contributed by atoms with Crippen LogP contribution in [0.25, 0.3) is 0 Å². The molecule has 0 aromatic heterocycles. The Kier molecular flexibility index (Phi) is 9.83. The first kappa shape index (κ1) is 21.3. The summed E-state index contributed by atoms with van der Waals surface area (Å²) in [5.41, 5.74) is 2.74. The lowest BCUT2D eigenvalue weighted by Crippen LogP contribution is -2.25. The average molecular weight is 368 g/mol. The van der Waals surface area contributed by atoms with E-state index in [-0.39, 0.29) is 0 Å². The van der Waals surface area contributed by atoms with Gasteiger partial charge in [0.15, 0.2) is 0 Å². The van der Waals surface area contributed by atoms with Crippen molar-refractivity contribution in [3.8, 4) is 0 Å². The van der Waals surface area contributed by atoms with Crippen molar-refractivity contribution in [1.82, 2.24) is 0 Å². The highest BCUT2D eigenvalue weighted by atomic mass is 16.5. The van der Waals surface area contributed by atoms with Gasteiger partial charge in [0.1, 0.15) is 5.76 Å². The van der Waals surface area contributed by atoms with Gasteiger partial charge < -0.3 is 9.64 Å². The first-order valence-electron chi connectivity index (χ1n) is 10.7. The number of hydrogen-bond acceptors (Lipinski definition) is 2. The number of unbranched alkanes of at least 4 members (excludes halogenated alkanes) is 3. The lowest BCUT2D eigenvalue weighted by atomic mass is 10.0. The van der Waals surface area contributed by atoms with Gasteiger partial charge in [-0.3, -0.25) is 0 Å². The molecule has 0 atom stereocenters. The van der Waals surface area contributed by atoms with Gasteiger partial charge in [0.05, 0.1) is 6.61 Å². The summed E-state index contributed by atoms with van der Waals surface area (Å²) in [7, 11) is 0. The highest BCUT2D eigenvalue weighted by molar-refractivity contribution is 5.48. The molecule has 0 spiro atoms. The summed E-state index contributed by atoms with van der Waals surface area (Å²) >= 11 is 0. The second-order valence-electron chi connectivity index (χ2n) is 7.66. The molecule has 1 aromatic carbocycles. The molecule has 0 fully saturated rings. The Labute approximate surface area is 166 Å². The van der Waals surface area contributed by atoms with Crippen LogP contribution in [0.5, 0.6) is 0 Å². The number of hydrogen-bond donors (Lipinski definition) is 0. The van der Waals surface area contributed by atoms with Crippen LogP contribution in [0.2, 0.25) is 0 Å². The quantitative estimate of drug-likeness (QED) is 0.275. The molecule has 1 aliphatic rings. The minimum absolute atomic E-state index is 0.586. The number of rotatable bonds is 13. The van der Waals surface area contributed by atoms with Gasteiger partial charge in [0.25, 0.3) is 0 Å². The van der Waals surface area contributed by atoms with Crippen molar-refractivity contribution < 1.29 is 4.74 Å². The molecule has 2 heteroatoms. The fourth-order valence-corrected chi connectivity index (χ4v) is 3.33. The lowest BCUT2D eigenvalue weighted by Gasteiger charge is -2.25. The van der Waals surface area contributed by atoms with Crippen LogP contribution >= 0.6 is 0 Å². The summed E-state index contributed by atoms with van der Waals surface area (Å²) in [5, 5.41) is 0. The van der Waals surface area contributed by atoms with E-state index in [1.807, 2.05) is 6.08 Å². The molecule has 0 aliphatic heterocycles. The Morgan fingerprint density at radius 3 is 2.48 bits per heavy atom. The van der Waals surface area contributed by atoms with Crippen LogP contribution in [0.1, 0.15) is 70.3 Å². The van der Waals surface area contributed by atoms with Gasteiger partial charge in [0, 0.05) is 18.8 Å². The van der Waals surface area contributed by atoms with Gasteiger partial charge in [-0.1, -0.05) is 51.0 Å². The molecule has 0 amide bonds. The van der Waals surface area contributed by atoms with Gasteiger partial charge in [-0.25, -0.2) is 0 Å². The monoisotopic (exact) mass is 367 g/mol. The zero-order valence-corrected chi connectivity index (χ0v) is 17.3. The van der Waals surface area contributed by atoms with Gasteiger partial charge in [-0.05, 0) is 67.9 Å². The smallest absolute Gasteiger partial charge is 0.114 e. The zero-order valence-electron chi connectivity index (χ0n) is 17.3. The maximum atomic E-state index is 5.82. The van der Waals surface area contributed by atoms with Gasteiger partial charge >= 0.3 is 0 Å². The van der Waals surface area contributed by atoms with Gasteiger partial charge in [-0.15, -0.1) is 6.58 Å². The second-order valence-corrected chi connectivity index (χ2v) is 7.66. The van der Waals surface area contributed by atoms with Crippen LogP contribution in [0.3, 0.4) is 0 Å². The third-order valence-corrected chi connectivity index (χ3v) is 5.08. The van der Waals surface area contributed by atoms with Crippen LogP contribution in [-0.2, 0) is 4.74 Å². The Morgan fingerprint density at radius 2 is 1.81 bits per heavy atom. The van der Waals surface area contributed by atoms with Crippen molar-refractivity contribution in [1.29, 1.82) is 0 Å². The van der Waals surface area contributed by atoms with Crippen LogP contribution in [0.15, 0.2) is 60.9 Å². The predicted molar refractivity (Wildman–Crippen MR) is 118 cm³/mol. The van der Waals surface area contributed by atoms with E-state index in [0.29, 0.717) is 5.92 Å². The molecule has 0 radical (unpaired) electrons. The van der Waals surface area contributed by atoms with E-state index in [0.717, 1.165) is 51.1 Å². The van der Waals surface area contributed by atoms with E-state index in [1.165, 1.54) is 30.5 Å². The molecule has 148 valence electrons. The molecule has 27 heavy (non-hydrogen) atoms. The first-order valence-corrected chi connectivity index (χ1v) is 10.7. The summed E-state index contributed by atoms with van der Waals surface area (Å²) < 4.78 is 5.82. The van der Waals surface area contributed by atoms with Gasteiger partial charge in [0.2, 0.25) is 0 Å². The van der Waals surface area contributed by atoms with E-state index >= 15 is 0 Å². The summed E-state index contributed by atoms with van der Waals surface area (Å²) in [6.07, 6.45) is 16.7. The van der Waals surface area contributed by atoms with Crippen molar-refractivity contribution in [3.05, 3.63) is 66.5 Å². The third-order valence-electron chi connectivity index (χ3n) is 5.08. The fourth-order valence-electron chi connectivity index (χ4n) is 3.33. The van der Waals surface area contributed by atoms with Crippen molar-refractivity contribution in [2.24, 2.45) is 0 Å². The van der Waals surface area contributed by atoms with Crippen LogP contribution in [0, 0.1) is 0 Å². The first-order chi connectivity index (χ1) is 13.2. The fraction of sp³-hybridized carbons (Fsp3) is 0.520. The van der Waals surface area contributed by atoms with Crippen LogP contribution in [0.4, 0.5) is 5.69 Å². The normalized spacial score (nSPS) is 13.5. The Hall–Kier alpha value is -1.96. The molecule has 0 heterocycles. The Balaban J connectivity index is 1.68. The van der Waals surface area contributed by atoms with Crippen molar-refractivity contribution in [2.45, 2.75) is 64.7 Å². The summed E-state index contributed by atoms with van der Waals surface area (Å²) in [5.74, 6) is 1.64. The minimum atomic E-state index is 0.586. The number of ether oxygens (including phenoxy) is 1. The Morgan fingerprint density at radius 1 is 1.04 bits per heavy atom.